The van der Waals surface area contributed by atoms with Gasteiger partial charge >= 0.3 is 0 Å². The van der Waals surface area contributed by atoms with Gasteiger partial charge in [-0.3, -0.25) is 0 Å². The van der Waals surface area contributed by atoms with E-state index < -0.39 is 15.8 Å². The molecule has 0 saturated carbocycles. The van der Waals surface area contributed by atoms with Crippen molar-refractivity contribution in [2.75, 3.05) is 37.0 Å². The third-order valence-corrected chi connectivity index (χ3v) is 3.84. The summed E-state index contributed by atoms with van der Waals surface area (Å²) in [5.41, 5.74) is 6.26. The molecule has 0 aromatic heterocycles. The van der Waals surface area contributed by atoms with Gasteiger partial charge in [0, 0.05) is 25.2 Å². The Bertz CT molecular complexity index is 534. The number of sulfonamides is 1. The third-order valence-electron chi connectivity index (χ3n) is 2.37. The van der Waals surface area contributed by atoms with Gasteiger partial charge in [0.25, 0.3) is 0 Å². The zero-order chi connectivity index (χ0) is 14.5. The molecule has 0 bridgehead atoms. The second-order valence-corrected chi connectivity index (χ2v) is 5.74. The number of hydrogen-bond acceptors (Lipinski definition) is 5. The van der Waals surface area contributed by atoms with Gasteiger partial charge in [0.2, 0.25) is 10.0 Å². The highest BCUT2D eigenvalue weighted by molar-refractivity contribution is 7.89. The van der Waals surface area contributed by atoms with Crippen LogP contribution in [0.15, 0.2) is 12.1 Å². The standard InChI is InChI=1S/C11H18FN3O3S/c1-3-15-19(16,17)5-4-14-10-7-11(18-2)8(12)6-9(10)13/h6-7,14-15H,3-5,13H2,1-2H3. The van der Waals surface area contributed by atoms with Crippen LogP contribution >= 0.6 is 0 Å². The maximum absolute atomic E-state index is 13.3. The first-order valence-corrected chi connectivity index (χ1v) is 7.39. The van der Waals surface area contributed by atoms with E-state index in [1.165, 1.54) is 13.2 Å². The number of hydrogen-bond donors (Lipinski definition) is 3. The summed E-state index contributed by atoms with van der Waals surface area (Å²) in [7, 11) is -1.96. The van der Waals surface area contributed by atoms with Crippen LogP contribution in [0, 0.1) is 5.82 Å². The molecule has 1 aromatic carbocycles. The van der Waals surface area contributed by atoms with Crippen molar-refractivity contribution < 1.29 is 17.5 Å². The monoisotopic (exact) mass is 291 g/mol. The number of ether oxygens (including phenoxy) is 1. The minimum atomic E-state index is -3.30. The lowest BCUT2D eigenvalue weighted by Gasteiger charge is -2.12. The normalized spacial score (nSPS) is 11.3. The molecule has 0 heterocycles. The fourth-order valence-electron chi connectivity index (χ4n) is 1.49. The molecule has 0 spiro atoms. The van der Waals surface area contributed by atoms with Crippen LogP contribution in [0.25, 0.3) is 0 Å². The Labute approximate surface area is 112 Å². The summed E-state index contributed by atoms with van der Waals surface area (Å²) >= 11 is 0. The molecule has 0 saturated heterocycles. The molecule has 0 aliphatic carbocycles. The molecule has 0 unspecified atom stereocenters. The molecule has 1 aromatic rings. The fourth-order valence-corrected chi connectivity index (χ4v) is 2.45. The van der Waals surface area contributed by atoms with Crippen LogP contribution in [0.4, 0.5) is 15.8 Å². The van der Waals surface area contributed by atoms with Gasteiger partial charge in [-0.2, -0.15) is 0 Å². The van der Waals surface area contributed by atoms with E-state index in [1.807, 2.05) is 0 Å². The highest BCUT2D eigenvalue weighted by Gasteiger charge is 2.11. The van der Waals surface area contributed by atoms with Crippen LogP contribution in [0.2, 0.25) is 0 Å². The molecule has 1 rings (SSSR count). The Morgan fingerprint density at radius 2 is 2.11 bits per heavy atom. The molecule has 0 fully saturated rings. The van der Waals surface area contributed by atoms with Crippen molar-refractivity contribution in [1.29, 1.82) is 0 Å². The zero-order valence-corrected chi connectivity index (χ0v) is 11.7. The minimum absolute atomic E-state index is 0.0474. The molecule has 0 aliphatic rings. The molecule has 0 aliphatic heterocycles. The Balaban J connectivity index is 2.68. The maximum atomic E-state index is 13.3. The molecular weight excluding hydrogens is 273 g/mol. The maximum Gasteiger partial charge on any atom is 0.213 e. The van der Waals surface area contributed by atoms with Gasteiger partial charge in [-0.05, 0) is 0 Å². The predicted octanol–water partition coefficient (Wildman–Crippen LogP) is 0.768. The first kappa shape index (κ1) is 15.5. The van der Waals surface area contributed by atoms with Crippen LogP contribution in [-0.2, 0) is 10.0 Å². The first-order valence-electron chi connectivity index (χ1n) is 5.74. The van der Waals surface area contributed by atoms with Gasteiger partial charge in [-0.1, -0.05) is 6.92 Å². The van der Waals surface area contributed by atoms with Crippen molar-refractivity contribution >= 4 is 21.4 Å². The van der Waals surface area contributed by atoms with Crippen LogP contribution in [0.5, 0.6) is 5.75 Å². The van der Waals surface area contributed by atoms with E-state index in [0.29, 0.717) is 12.2 Å². The number of rotatable bonds is 7. The molecule has 0 radical (unpaired) electrons. The van der Waals surface area contributed by atoms with Gasteiger partial charge in [0.05, 0.1) is 24.2 Å². The van der Waals surface area contributed by atoms with E-state index in [1.54, 1.807) is 6.92 Å². The number of nitrogen functional groups attached to an aromatic ring is 1. The summed E-state index contributed by atoms with van der Waals surface area (Å²) in [5, 5.41) is 2.84. The quantitative estimate of drug-likeness (QED) is 0.645. The SMILES string of the molecule is CCNS(=O)(=O)CCNc1cc(OC)c(F)cc1N. The lowest BCUT2D eigenvalue weighted by molar-refractivity contribution is 0.387. The lowest BCUT2D eigenvalue weighted by atomic mass is 10.2. The van der Waals surface area contributed by atoms with Crippen molar-refractivity contribution in [2.24, 2.45) is 0 Å². The molecule has 6 nitrogen and oxygen atoms in total. The Morgan fingerprint density at radius 1 is 1.42 bits per heavy atom. The minimum Gasteiger partial charge on any atom is -0.494 e. The van der Waals surface area contributed by atoms with Gasteiger partial charge in [-0.25, -0.2) is 17.5 Å². The van der Waals surface area contributed by atoms with Crippen LogP contribution in [0.1, 0.15) is 6.92 Å². The molecule has 4 N–H and O–H groups in total. The van der Waals surface area contributed by atoms with Crippen LogP contribution in [0.3, 0.4) is 0 Å². The van der Waals surface area contributed by atoms with Crippen molar-refractivity contribution in [3.8, 4) is 5.75 Å². The summed E-state index contributed by atoms with van der Waals surface area (Å²) in [5.74, 6) is -0.614. The number of benzene rings is 1. The number of methoxy groups -OCH3 is 1. The average Bonchev–Trinajstić information content (AvgIpc) is 2.31. The molecule has 108 valence electrons. The molecule has 0 amide bonds. The Hall–Kier alpha value is -1.54. The van der Waals surface area contributed by atoms with E-state index in [2.05, 4.69) is 10.0 Å². The summed E-state index contributed by atoms with van der Waals surface area (Å²) in [6.07, 6.45) is 0. The van der Waals surface area contributed by atoms with Gasteiger partial charge in [0.1, 0.15) is 0 Å². The van der Waals surface area contributed by atoms with E-state index in [4.69, 9.17) is 10.5 Å². The van der Waals surface area contributed by atoms with Crippen LogP contribution in [-0.4, -0.2) is 34.4 Å². The topological polar surface area (TPSA) is 93.5 Å². The number of nitrogens with two attached hydrogens (primary N) is 1. The second kappa shape index (κ2) is 6.58. The largest absolute Gasteiger partial charge is 0.494 e. The summed E-state index contributed by atoms with van der Waals surface area (Å²) < 4.78 is 43.3. The molecule has 19 heavy (non-hydrogen) atoms. The summed E-state index contributed by atoms with van der Waals surface area (Å²) in [6.45, 7) is 2.21. The average molecular weight is 291 g/mol. The van der Waals surface area contributed by atoms with E-state index in [-0.39, 0.29) is 23.7 Å². The number of halogens is 1. The van der Waals surface area contributed by atoms with Crippen molar-refractivity contribution in [2.45, 2.75) is 6.92 Å². The van der Waals surface area contributed by atoms with Gasteiger partial charge in [-0.15, -0.1) is 0 Å². The summed E-state index contributed by atoms with van der Waals surface area (Å²) in [6, 6.07) is 2.52. The summed E-state index contributed by atoms with van der Waals surface area (Å²) in [4.78, 5) is 0. The molecule has 8 heteroatoms. The number of anilines is 2. The highest BCUT2D eigenvalue weighted by Crippen LogP contribution is 2.27. The fraction of sp³-hybridized carbons (Fsp3) is 0.455. The van der Waals surface area contributed by atoms with E-state index in [0.717, 1.165) is 6.07 Å². The molecular formula is C11H18FN3O3S. The van der Waals surface area contributed by atoms with Gasteiger partial charge in [0.15, 0.2) is 11.6 Å². The molecule has 0 atom stereocenters. The van der Waals surface area contributed by atoms with Crippen molar-refractivity contribution in [3.63, 3.8) is 0 Å². The Morgan fingerprint density at radius 3 is 2.68 bits per heavy atom. The third kappa shape index (κ3) is 4.56. The number of nitrogens with one attached hydrogen (secondary N) is 2. The smallest absolute Gasteiger partial charge is 0.213 e. The van der Waals surface area contributed by atoms with Crippen LogP contribution < -0.4 is 20.5 Å². The second-order valence-electron chi connectivity index (χ2n) is 3.82. The van der Waals surface area contributed by atoms with Gasteiger partial charge < -0.3 is 15.8 Å². The van der Waals surface area contributed by atoms with E-state index >= 15 is 0 Å². The highest BCUT2D eigenvalue weighted by atomic mass is 32.2. The van der Waals surface area contributed by atoms with Crippen molar-refractivity contribution in [1.82, 2.24) is 4.72 Å². The van der Waals surface area contributed by atoms with E-state index in [9.17, 15) is 12.8 Å². The Kier molecular flexibility index (Phi) is 5.37. The predicted molar refractivity (Wildman–Crippen MR) is 73.3 cm³/mol. The first-order chi connectivity index (χ1) is 8.89. The lowest BCUT2D eigenvalue weighted by Crippen LogP contribution is -2.29. The van der Waals surface area contributed by atoms with Crippen molar-refractivity contribution in [3.05, 3.63) is 17.9 Å². The zero-order valence-electron chi connectivity index (χ0n) is 10.9.